The Labute approximate surface area is 176 Å². The Kier molecular flexibility index (Phi) is 6.99. The molecule has 1 aliphatic heterocycles. The fraction of sp³-hybridized carbons (Fsp3) is 0.364. The number of rotatable bonds is 6. The highest BCUT2D eigenvalue weighted by molar-refractivity contribution is 6.30. The Morgan fingerprint density at radius 2 is 1.66 bits per heavy atom. The van der Waals surface area contributed by atoms with Gasteiger partial charge in [0.2, 0.25) is 0 Å². The summed E-state index contributed by atoms with van der Waals surface area (Å²) in [6, 6.07) is 13.4. The maximum absolute atomic E-state index is 12.3. The first-order valence-corrected chi connectivity index (χ1v) is 9.93. The lowest BCUT2D eigenvalue weighted by Crippen LogP contribution is -2.50. The molecule has 0 bridgehead atoms. The maximum atomic E-state index is 12.3. The van der Waals surface area contributed by atoms with Gasteiger partial charge in [0.1, 0.15) is 5.75 Å². The third-order valence-corrected chi connectivity index (χ3v) is 4.95. The molecule has 0 unspecified atom stereocenters. The summed E-state index contributed by atoms with van der Waals surface area (Å²) in [5, 5.41) is 0.691. The monoisotopic (exact) mass is 416 g/mol. The summed E-state index contributed by atoms with van der Waals surface area (Å²) >= 11 is 6.04. The molecule has 2 aromatic rings. The van der Waals surface area contributed by atoms with E-state index in [2.05, 4.69) is 4.90 Å². The number of aryl methyl sites for hydroxylation is 2. The largest absolute Gasteiger partial charge is 0.482 e. The molecule has 3 rings (SSSR count). The Hall–Kier alpha value is -2.73. The molecule has 0 radical (unpaired) electrons. The highest BCUT2D eigenvalue weighted by Gasteiger charge is 2.22. The van der Waals surface area contributed by atoms with Crippen molar-refractivity contribution in [3.63, 3.8) is 0 Å². The molecule has 6 nitrogen and oxygen atoms in total. The standard InChI is InChI=1S/C22H25ClN2O4/c1-16-10-17(2)12-20(11-16)28-15-22(27)29-14-21(26)25-8-6-24(7-9-25)19-5-3-4-18(23)13-19/h3-5,10-13H,6-9,14-15H2,1-2H3. The second kappa shape index (κ2) is 9.65. The van der Waals surface area contributed by atoms with E-state index in [4.69, 9.17) is 21.1 Å². The van der Waals surface area contributed by atoms with Crippen molar-refractivity contribution in [1.82, 2.24) is 4.90 Å². The average molecular weight is 417 g/mol. The third-order valence-electron chi connectivity index (χ3n) is 4.71. The highest BCUT2D eigenvalue weighted by atomic mass is 35.5. The molecule has 0 spiro atoms. The Morgan fingerprint density at radius 1 is 0.966 bits per heavy atom. The summed E-state index contributed by atoms with van der Waals surface area (Å²) < 4.78 is 10.5. The summed E-state index contributed by atoms with van der Waals surface area (Å²) in [7, 11) is 0. The molecule has 154 valence electrons. The molecule has 0 aromatic heterocycles. The number of benzene rings is 2. The van der Waals surface area contributed by atoms with E-state index >= 15 is 0 Å². The van der Waals surface area contributed by atoms with Crippen molar-refractivity contribution in [3.05, 3.63) is 58.6 Å². The molecule has 2 aromatic carbocycles. The number of nitrogens with zero attached hydrogens (tertiary/aromatic N) is 2. The number of hydrogen-bond donors (Lipinski definition) is 0. The fourth-order valence-electron chi connectivity index (χ4n) is 3.32. The molecular weight excluding hydrogens is 392 g/mol. The molecule has 1 aliphatic rings. The summed E-state index contributed by atoms with van der Waals surface area (Å²) in [6.07, 6.45) is 0. The van der Waals surface area contributed by atoms with Crippen LogP contribution < -0.4 is 9.64 Å². The van der Waals surface area contributed by atoms with Crippen molar-refractivity contribution in [1.29, 1.82) is 0 Å². The van der Waals surface area contributed by atoms with E-state index in [1.54, 1.807) is 4.90 Å². The van der Waals surface area contributed by atoms with Crippen molar-refractivity contribution in [2.75, 3.05) is 44.3 Å². The van der Waals surface area contributed by atoms with Crippen molar-refractivity contribution >= 4 is 29.2 Å². The molecule has 0 saturated carbocycles. The quantitative estimate of drug-likeness (QED) is 0.677. The normalized spacial score (nSPS) is 13.9. The number of anilines is 1. The zero-order chi connectivity index (χ0) is 20.8. The Morgan fingerprint density at radius 3 is 2.31 bits per heavy atom. The highest BCUT2D eigenvalue weighted by Crippen LogP contribution is 2.21. The zero-order valence-electron chi connectivity index (χ0n) is 16.7. The number of piperazine rings is 1. The number of amides is 1. The van der Waals surface area contributed by atoms with Crippen LogP contribution in [0.2, 0.25) is 5.02 Å². The smallest absolute Gasteiger partial charge is 0.344 e. The van der Waals surface area contributed by atoms with Crippen LogP contribution in [0.5, 0.6) is 5.75 Å². The first kappa shape index (κ1) is 21.0. The number of halogens is 1. The van der Waals surface area contributed by atoms with E-state index in [1.807, 2.05) is 56.3 Å². The van der Waals surface area contributed by atoms with Gasteiger partial charge in [-0.05, 0) is 55.3 Å². The zero-order valence-corrected chi connectivity index (χ0v) is 17.4. The molecule has 7 heteroatoms. The Bertz CT molecular complexity index is 859. The van der Waals surface area contributed by atoms with Crippen LogP contribution in [0.4, 0.5) is 5.69 Å². The maximum Gasteiger partial charge on any atom is 0.344 e. The minimum absolute atomic E-state index is 0.199. The summed E-state index contributed by atoms with van der Waals surface area (Å²) in [6.45, 7) is 5.98. The van der Waals surface area contributed by atoms with Gasteiger partial charge in [-0.3, -0.25) is 4.79 Å². The first-order valence-electron chi connectivity index (χ1n) is 9.56. The fourth-order valence-corrected chi connectivity index (χ4v) is 3.51. The van der Waals surface area contributed by atoms with Gasteiger partial charge < -0.3 is 19.3 Å². The summed E-state index contributed by atoms with van der Waals surface area (Å²) in [5.41, 5.74) is 3.15. The van der Waals surface area contributed by atoms with Crippen LogP contribution >= 0.6 is 11.6 Å². The number of hydrogen-bond acceptors (Lipinski definition) is 5. The lowest BCUT2D eigenvalue weighted by Gasteiger charge is -2.36. The molecule has 0 aliphatic carbocycles. The van der Waals surface area contributed by atoms with Crippen LogP contribution in [0.3, 0.4) is 0 Å². The molecule has 1 fully saturated rings. The molecule has 0 atom stereocenters. The summed E-state index contributed by atoms with van der Waals surface area (Å²) in [5.74, 6) is -0.145. The SMILES string of the molecule is Cc1cc(C)cc(OCC(=O)OCC(=O)N2CCN(c3cccc(Cl)c3)CC2)c1. The summed E-state index contributed by atoms with van der Waals surface area (Å²) in [4.78, 5) is 28.1. The van der Waals surface area contributed by atoms with Crippen LogP contribution in [0.15, 0.2) is 42.5 Å². The minimum atomic E-state index is -0.560. The average Bonchev–Trinajstić information content (AvgIpc) is 2.70. The predicted octanol–water partition coefficient (Wildman–Crippen LogP) is 3.23. The van der Waals surface area contributed by atoms with Gasteiger partial charge in [0.25, 0.3) is 5.91 Å². The first-order chi connectivity index (χ1) is 13.9. The predicted molar refractivity (Wildman–Crippen MR) is 113 cm³/mol. The molecule has 1 heterocycles. The van der Waals surface area contributed by atoms with E-state index in [-0.39, 0.29) is 19.1 Å². The van der Waals surface area contributed by atoms with Gasteiger partial charge in [0.05, 0.1) is 0 Å². The number of carbonyl (C=O) groups excluding carboxylic acids is 2. The second-order valence-electron chi connectivity index (χ2n) is 7.12. The van der Waals surface area contributed by atoms with Gasteiger partial charge in [0.15, 0.2) is 13.2 Å². The van der Waals surface area contributed by atoms with E-state index in [0.717, 1.165) is 16.8 Å². The van der Waals surface area contributed by atoms with Crippen molar-refractivity contribution in [3.8, 4) is 5.75 Å². The van der Waals surface area contributed by atoms with Gasteiger partial charge in [-0.1, -0.05) is 23.7 Å². The third kappa shape index (κ3) is 6.12. The van der Waals surface area contributed by atoms with Gasteiger partial charge >= 0.3 is 5.97 Å². The van der Waals surface area contributed by atoms with Crippen LogP contribution in [-0.4, -0.2) is 56.2 Å². The van der Waals surface area contributed by atoms with Gasteiger partial charge in [-0.25, -0.2) is 4.79 Å². The van der Waals surface area contributed by atoms with Gasteiger partial charge in [-0.2, -0.15) is 0 Å². The molecular formula is C22H25ClN2O4. The molecule has 29 heavy (non-hydrogen) atoms. The lowest BCUT2D eigenvalue weighted by atomic mass is 10.1. The minimum Gasteiger partial charge on any atom is -0.482 e. The van der Waals surface area contributed by atoms with Crippen molar-refractivity contribution < 1.29 is 19.1 Å². The van der Waals surface area contributed by atoms with Crippen LogP contribution in [-0.2, 0) is 14.3 Å². The van der Waals surface area contributed by atoms with Crippen LogP contribution in [0.25, 0.3) is 0 Å². The lowest BCUT2D eigenvalue weighted by molar-refractivity contribution is -0.153. The van der Waals surface area contributed by atoms with E-state index < -0.39 is 5.97 Å². The van der Waals surface area contributed by atoms with E-state index in [0.29, 0.717) is 37.0 Å². The number of carbonyl (C=O) groups is 2. The second-order valence-corrected chi connectivity index (χ2v) is 7.56. The molecule has 0 N–H and O–H groups in total. The number of esters is 1. The van der Waals surface area contributed by atoms with Gasteiger partial charge in [0, 0.05) is 36.9 Å². The van der Waals surface area contributed by atoms with Crippen LogP contribution in [0.1, 0.15) is 11.1 Å². The molecule has 1 amide bonds. The van der Waals surface area contributed by atoms with Crippen molar-refractivity contribution in [2.24, 2.45) is 0 Å². The van der Waals surface area contributed by atoms with Crippen molar-refractivity contribution in [2.45, 2.75) is 13.8 Å². The van der Waals surface area contributed by atoms with E-state index in [1.165, 1.54) is 0 Å². The molecule has 1 saturated heterocycles. The number of ether oxygens (including phenoxy) is 2. The topological polar surface area (TPSA) is 59.1 Å². The van der Waals surface area contributed by atoms with Gasteiger partial charge in [-0.15, -0.1) is 0 Å². The van der Waals surface area contributed by atoms with Crippen LogP contribution in [0, 0.1) is 13.8 Å². The Balaban J connectivity index is 1.40. The van der Waals surface area contributed by atoms with E-state index in [9.17, 15) is 9.59 Å².